The van der Waals surface area contributed by atoms with Crippen molar-refractivity contribution in [3.63, 3.8) is 0 Å². The van der Waals surface area contributed by atoms with Crippen molar-refractivity contribution in [3.8, 4) is 0 Å². The molecular formula is C10H12F3N3O3. The second-order valence-electron chi connectivity index (χ2n) is 4.42. The number of aliphatic hydroxyl groups excluding tert-OH is 1. The second-order valence-corrected chi connectivity index (χ2v) is 4.42. The summed E-state index contributed by atoms with van der Waals surface area (Å²) in [5, 5.41) is 9.52. The Labute approximate surface area is 105 Å². The van der Waals surface area contributed by atoms with Gasteiger partial charge in [-0.3, -0.25) is 4.57 Å². The van der Waals surface area contributed by atoms with Crippen molar-refractivity contribution in [2.45, 2.75) is 37.5 Å². The molecule has 2 rings (SSSR count). The zero-order valence-electron chi connectivity index (χ0n) is 9.83. The Kier molecular flexibility index (Phi) is 3.27. The van der Waals surface area contributed by atoms with E-state index in [0.29, 0.717) is 4.57 Å². The van der Waals surface area contributed by atoms with Crippen molar-refractivity contribution >= 4 is 5.82 Å². The van der Waals surface area contributed by atoms with Gasteiger partial charge in [0, 0.05) is 6.20 Å². The molecule has 4 atom stereocenters. The van der Waals surface area contributed by atoms with Crippen LogP contribution in [0.2, 0.25) is 0 Å². The summed E-state index contributed by atoms with van der Waals surface area (Å²) in [6.45, 7) is 0.880. The molecule has 9 heteroatoms. The predicted octanol–water partition coefficient (Wildman–Crippen LogP) is 0.0771. The molecule has 1 aliphatic heterocycles. The molecule has 2 heterocycles. The minimum Gasteiger partial charge on any atom is -0.387 e. The summed E-state index contributed by atoms with van der Waals surface area (Å²) in [6.07, 6.45) is -7.94. The van der Waals surface area contributed by atoms with Crippen LogP contribution in [-0.4, -0.2) is 39.0 Å². The maximum absolute atomic E-state index is 13.9. The molecule has 1 aromatic rings. The van der Waals surface area contributed by atoms with E-state index in [1.807, 2.05) is 0 Å². The number of aliphatic hydroxyl groups is 1. The SMILES string of the molecule is C[C@@]1(C(F)F)O[C@@H](n2ccc(N)nc2=O)[C@H](F)[C@@H]1O. The van der Waals surface area contributed by atoms with Crippen molar-refractivity contribution in [1.29, 1.82) is 0 Å². The molecule has 0 aromatic carbocycles. The predicted molar refractivity (Wildman–Crippen MR) is 58.3 cm³/mol. The number of nitrogen functional groups attached to an aromatic ring is 1. The first-order chi connectivity index (χ1) is 8.77. The summed E-state index contributed by atoms with van der Waals surface area (Å²) in [6, 6.07) is 1.20. The molecule has 106 valence electrons. The molecule has 0 bridgehead atoms. The zero-order valence-corrected chi connectivity index (χ0v) is 9.83. The number of ether oxygens (including phenoxy) is 1. The first kappa shape index (κ1) is 13.8. The van der Waals surface area contributed by atoms with E-state index in [4.69, 9.17) is 10.5 Å². The largest absolute Gasteiger partial charge is 0.387 e. The monoisotopic (exact) mass is 279 g/mol. The highest BCUT2D eigenvalue weighted by Crippen LogP contribution is 2.41. The molecule has 0 amide bonds. The van der Waals surface area contributed by atoms with Gasteiger partial charge < -0.3 is 15.6 Å². The number of hydrogen-bond donors (Lipinski definition) is 2. The van der Waals surface area contributed by atoms with Crippen LogP contribution in [0.1, 0.15) is 13.2 Å². The molecule has 1 aromatic heterocycles. The van der Waals surface area contributed by atoms with E-state index in [2.05, 4.69) is 4.98 Å². The van der Waals surface area contributed by atoms with Crippen LogP contribution in [0.15, 0.2) is 17.1 Å². The first-order valence-electron chi connectivity index (χ1n) is 5.40. The van der Waals surface area contributed by atoms with Gasteiger partial charge in [0.15, 0.2) is 18.0 Å². The Balaban J connectivity index is 2.40. The highest BCUT2D eigenvalue weighted by molar-refractivity contribution is 5.23. The van der Waals surface area contributed by atoms with E-state index < -0.39 is 36.2 Å². The smallest absolute Gasteiger partial charge is 0.351 e. The number of nitrogens with zero attached hydrogens (tertiary/aromatic N) is 2. The van der Waals surface area contributed by atoms with E-state index in [1.165, 1.54) is 6.07 Å². The lowest BCUT2D eigenvalue weighted by atomic mass is 9.99. The van der Waals surface area contributed by atoms with E-state index in [1.54, 1.807) is 0 Å². The summed E-state index contributed by atoms with van der Waals surface area (Å²) in [4.78, 5) is 14.9. The fourth-order valence-corrected chi connectivity index (χ4v) is 1.88. The van der Waals surface area contributed by atoms with Gasteiger partial charge in [0.2, 0.25) is 0 Å². The van der Waals surface area contributed by atoms with Crippen molar-refractivity contribution in [2.24, 2.45) is 0 Å². The van der Waals surface area contributed by atoms with Crippen LogP contribution in [0.5, 0.6) is 0 Å². The molecule has 1 saturated heterocycles. The fraction of sp³-hybridized carbons (Fsp3) is 0.600. The Morgan fingerprint density at radius 3 is 2.74 bits per heavy atom. The van der Waals surface area contributed by atoms with Crippen LogP contribution in [0.3, 0.4) is 0 Å². The lowest BCUT2D eigenvalue weighted by molar-refractivity contribution is -0.167. The molecule has 1 aliphatic rings. The highest BCUT2D eigenvalue weighted by atomic mass is 19.3. The van der Waals surface area contributed by atoms with Gasteiger partial charge in [0.1, 0.15) is 11.9 Å². The van der Waals surface area contributed by atoms with Crippen LogP contribution in [0, 0.1) is 0 Å². The van der Waals surface area contributed by atoms with Crippen LogP contribution in [0.4, 0.5) is 19.0 Å². The number of alkyl halides is 3. The van der Waals surface area contributed by atoms with Gasteiger partial charge >= 0.3 is 5.69 Å². The highest BCUT2D eigenvalue weighted by Gasteiger charge is 2.58. The first-order valence-corrected chi connectivity index (χ1v) is 5.40. The normalized spacial score (nSPS) is 34.9. The zero-order chi connectivity index (χ0) is 14.4. The van der Waals surface area contributed by atoms with Gasteiger partial charge in [-0.1, -0.05) is 0 Å². The summed E-state index contributed by atoms with van der Waals surface area (Å²) < 4.78 is 45.1. The molecule has 19 heavy (non-hydrogen) atoms. The van der Waals surface area contributed by atoms with Crippen molar-refractivity contribution in [2.75, 3.05) is 5.73 Å². The van der Waals surface area contributed by atoms with Crippen molar-refractivity contribution in [1.82, 2.24) is 9.55 Å². The number of halogens is 3. The number of nitrogens with two attached hydrogens (primary N) is 1. The molecule has 0 radical (unpaired) electrons. The van der Waals surface area contributed by atoms with Gasteiger partial charge in [-0.05, 0) is 13.0 Å². The van der Waals surface area contributed by atoms with Crippen molar-refractivity contribution in [3.05, 3.63) is 22.7 Å². The number of anilines is 1. The third-order valence-corrected chi connectivity index (χ3v) is 3.09. The molecule has 6 nitrogen and oxygen atoms in total. The number of aromatic nitrogens is 2. The van der Waals surface area contributed by atoms with Gasteiger partial charge in [-0.2, -0.15) is 4.98 Å². The molecule has 3 N–H and O–H groups in total. The Morgan fingerprint density at radius 2 is 2.26 bits per heavy atom. The Bertz CT molecular complexity index is 538. The molecule has 0 saturated carbocycles. The lowest BCUT2D eigenvalue weighted by Gasteiger charge is -2.25. The van der Waals surface area contributed by atoms with E-state index in [9.17, 15) is 23.1 Å². The van der Waals surface area contributed by atoms with Gasteiger partial charge in [0.25, 0.3) is 6.43 Å². The summed E-state index contributed by atoms with van der Waals surface area (Å²) in [5.41, 5.74) is 1.93. The topological polar surface area (TPSA) is 90.4 Å². The quantitative estimate of drug-likeness (QED) is 0.800. The van der Waals surface area contributed by atoms with E-state index >= 15 is 0 Å². The number of hydrogen-bond acceptors (Lipinski definition) is 5. The Hall–Kier alpha value is -1.61. The minimum absolute atomic E-state index is 0.0909. The molecule has 0 spiro atoms. The fourth-order valence-electron chi connectivity index (χ4n) is 1.88. The van der Waals surface area contributed by atoms with Crippen molar-refractivity contribution < 1.29 is 23.0 Å². The lowest BCUT2D eigenvalue weighted by Crippen LogP contribution is -2.45. The third kappa shape index (κ3) is 2.08. The maximum atomic E-state index is 13.9. The molecule has 0 unspecified atom stereocenters. The summed E-state index contributed by atoms with van der Waals surface area (Å²) in [7, 11) is 0. The average molecular weight is 279 g/mol. The maximum Gasteiger partial charge on any atom is 0.351 e. The Morgan fingerprint density at radius 1 is 1.63 bits per heavy atom. The standard InChI is InChI=1S/C10H12F3N3O3/c1-10(8(12)13)6(17)5(11)7(19-10)16-3-2-4(14)15-9(16)18/h2-3,5-8,17H,1H3,(H2,14,15,18)/t5-,6+,7-,10-/m1/s1. The second kappa shape index (κ2) is 4.49. The average Bonchev–Trinajstić information content (AvgIpc) is 2.55. The summed E-state index contributed by atoms with van der Waals surface area (Å²) >= 11 is 0. The molecular weight excluding hydrogens is 267 g/mol. The van der Waals surface area contributed by atoms with Crippen LogP contribution >= 0.6 is 0 Å². The van der Waals surface area contributed by atoms with Gasteiger partial charge in [0.05, 0.1) is 0 Å². The molecule has 0 aliphatic carbocycles. The van der Waals surface area contributed by atoms with Gasteiger partial charge in [-0.15, -0.1) is 0 Å². The van der Waals surface area contributed by atoms with Crippen LogP contribution < -0.4 is 11.4 Å². The summed E-state index contributed by atoms with van der Waals surface area (Å²) in [5.74, 6) is -0.0909. The third-order valence-electron chi connectivity index (χ3n) is 3.09. The minimum atomic E-state index is -3.11. The van der Waals surface area contributed by atoms with Gasteiger partial charge in [-0.25, -0.2) is 18.0 Å². The van der Waals surface area contributed by atoms with E-state index in [0.717, 1.165) is 13.1 Å². The van der Waals surface area contributed by atoms with Crippen LogP contribution in [0.25, 0.3) is 0 Å². The number of rotatable bonds is 2. The van der Waals surface area contributed by atoms with E-state index in [-0.39, 0.29) is 5.82 Å². The molecule has 1 fully saturated rings. The van der Waals surface area contributed by atoms with Crippen LogP contribution in [-0.2, 0) is 4.74 Å².